The molecule has 0 bridgehead atoms. The second kappa shape index (κ2) is 7.42. The summed E-state index contributed by atoms with van der Waals surface area (Å²) in [6.45, 7) is 0.202. The molecule has 1 aliphatic carbocycles. The van der Waals surface area contributed by atoms with Crippen LogP contribution >= 0.6 is 0 Å². The van der Waals surface area contributed by atoms with Crippen molar-refractivity contribution in [1.29, 1.82) is 0 Å². The molecular formula is C22H22N4O5. The lowest BCUT2D eigenvalue weighted by atomic mass is 9.94. The number of nitrogens with one attached hydrogen (secondary N) is 1. The molecule has 1 amide bonds. The number of amides is 1. The molecule has 160 valence electrons. The minimum atomic E-state index is -0.584. The highest BCUT2D eigenvalue weighted by molar-refractivity contribution is 6.01. The fraction of sp³-hybridized carbons (Fsp3) is 0.273. The first-order valence-electron chi connectivity index (χ1n) is 9.77. The molecule has 0 atom stereocenters. The highest BCUT2D eigenvalue weighted by Crippen LogP contribution is 2.51. The van der Waals surface area contributed by atoms with E-state index in [0.29, 0.717) is 34.5 Å². The van der Waals surface area contributed by atoms with E-state index in [-0.39, 0.29) is 20.1 Å². The van der Waals surface area contributed by atoms with Crippen LogP contribution in [0.3, 0.4) is 0 Å². The Bertz CT molecular complexity index is 1170. The lowest BCUT2D eigenvalue weighted by Crippen LogP contribution is -2.28. The van der Waals surface area contributed by atoms with Crippen LogP contribution in [0.5, 0.6) is 23.4 Å². The fourth-order valence-electron chi connectivity index (χ4n) is 3.64. The largest absolute Gasteiger partial charge is 0.480 e. The van der Waals surface area contributed by atoms with Crippen molar-refractivity contribution in [2.24, 2.45) is 0 Å². The zero-order valence-corrected chi connectivity index (χ0v) is 17.0. The zero-order chi connectivity index (χ0) is 21.4. The number of aromatic nitrogens is 3. The van der Waals surface area contributed by atoms with E-state index >= 15 is 0 Å². The second-order valence-corrected chi connectivity index (χ2v) is 7.29. The van der Waals surface area contributed by atoms with Gasteiger partial charge in [-0.05, 0) is 42.7 Å². The Hall–Kier alpha value is -3.88. The van der Waals surface area contributed by atoms with Crippen LogP contribution in [0.2, 0.25) is 0 Å². The van der Waals surface area contributed by atoms with Crippen LogP contribution in [0, 0.1) is 0 Å². The highest BCUT2D eigenvalue weighted by atomic mass is 16.7. The average Bonchev–Trinajstić information content (AvgIpc) is 3.49. The van der Waals surface area contributed by atoms with Crippen LogP contribution in [0.4, 0.5) is 5.82 Å². The van der Waals surface area contributed by atoms with Crippen molar-refractivity contribution < 1.29 is 25.2 Å². The van der Waals surface area contributed by atoms with Gasteiger partial charge in [-0.2, -0.15) is 4.98 Å². The molecule has 1 saturated carbocycles. The molecule has 1 aromatic carbocycles. The molecule has 5 rings (SSSR count). The maximum Gasteiger partial charge on any atom is 0.319 e. The van der Waals surface area contributed by atoms with E-state index in [1.165, 1.54) is 14.2 Å². The SMILES string of the molecule is COc1ncc(-c2cccc(NC(=O)C3(c4ccc5c(c4)OCO5)CC3)n2)c(OC)n1.[HH]. The van der Waals surface area contributed by atoms with E-state index in [1.807, 2.05) is 24.3 Å². The van der Waals surface area contributed by atoms with Gasteiger partial charge in [0.1, 0.15) is 5.82 Å². The van der Waals surface area contributed by atoms with Crippen molar-refractivity contribution in [1.82, 2.24) is 15.0 Å². The van der Waals surface area contributed by atoms with E-state index in [2.05, 4.69) is 20.3 Å². The number of nitrogens with zero attached hydrogens (tertiary/aromatic N) is 3. The van der Waals surface area contributed by atoms with Gasteiger partial charge in [-0.15, -0.1) is 0 Å². The topological polar surface area (TPSA) is 105 Å². The Kier molecular flexibility index (Phi) is 4.58. The van der Waals surface area contributed by atoms with E-state index in [9.17, 15) is 4.79 Å². The van der Waals surface area contributed by atoms with E-state index < -0.39 is 5.41 Å². The Morgan fingerprint density at radius 2 is 1.94 bits per heavy atom. The van der Waals surface area contributed by atoms with Crippen molar-refractivity contribution in [3.05, 3.63) is 48.2 Å². The normalized spacial score (nSPS) is 15.3. The van der Waals surface area contributed by atoms with E-state index in [1.54, 1.807) is 18.3 Å². The first kappa shape index (κ1) is 19.1. The van der Waals surface area contributed by atoms with Gasteiger partial charge < -0.3 is 24.3 Å². The van der Waals surface area contributed by atoms with Crippen LogP contribution in [-0.2, 0) is 10.2 Å². The van der Waals surface area contributed by atoms with Gasteiger partial charge in [0.2, 0.25) is 18.6 Å². The third-order valence-electron chi connectivity index (χ3n) is 5.48. The molecule has 1 N–H and O–H groups in total. The summed E-state index contributed by atoms with van der Waals surface area (Å²) in [5, 5.41) is 2.95. The maximum absolute atomic E-state index is 13.2. The summed E-state index contributed by atoms with van der Waals surface area (Å²) < 4.78 is 21.2. The van der Waals surface area contributed by atoms with Gasteiger partial charge in [-0.25, -0.2) is 9.97 Å². The predicted octanol–water partition coefficient (Wildman–Crippen LogP) is 3.20. The van der Waals surface area contributed by atoms with Crippen LogP contribution in [0.15, 0.2) is 42.6 Å². The summed E-state index contributed by atoms with van der Waals surface area (Å²) in [5.74, 6) is 2.04. The summed E-state index contributed by atoms with van der Waals surface area (Å²) in [7, 11) is 3.00. The number of rotatable bonds is 6. The second-order valence-electron chi connectivity index (χ2n) is 7.29. The van der Waals surface area contributed by atoms with Crippen molar-refractivity contribution in [3.63, 3.8) is 0 Å². The Morgan fingerprint density at radius 1 is 1.10 bits per heavy atom. The Balaban J connectivity index is 0.00000245. The molecule has 9 heteroatoms. The van der Waals surface area contributed by atoms with Crippen LogP contribution in [0.1, 0.15) is 19.8 Å². The van der Waals surface area contributed by atoms with Crippen LogP contribution in [-0.4, -0.2) is 41.9 Å². The van der Waals surface area contributed by atoms with Gasteiger partial charge in [0, 0.05) is 7.62 Å². The Morgan fingerprint density at radius 3 is 2.71 bits per heavy atom. The molecule has 31 heavy (non-hydrogen) atoms. The summed E-state index contributed by atoms with van der Waals surface area (Å²) in [4.78, 5) is 26.0. The summed E-state index contributed by atoms with van der Waals surface area (Å²) >= 11 is 0. The van der Waals surface area contributed by atoms with Gasteiger partial charge in [0.05, 0.1) is 30.9 Å². The molecule has 2 aromatic heterocycles. The summed E-state index contributed by atoms with van der Waals surface area (Å²) in [5.41, 5.74) is 1.50. The first-order chi connectivity index (χ1) is 15.1. The zero-order valence-electron chi connectivity index (χ0n) is 17.0. The quantitative estimate of drug-likeness (QED) is 0.646. The summed E-state index contributed by atoms with van der Waals surface area (Å²) in [6, 6.07) is 11.2. The lowest BCUT2D eigenvalue weighted by Gasteiger charge is -2.16. The van der Waals surface area contributed by atoms with Gasteiger partial charge in [0.15, 0.2) is 11.5 Å². The monoisotopic (exact) mass is 422 g/mol. The molecule has 0 spiro atoms. The van der Waals surface area contributed by atoms with E-state index in [4.69, 9.17) is 18.9 Å². The third-order valence-corrected chi connectivity index (χ3v) is 5.48. The number of pyridine rings is 1. The number of anilines is 1. The standard InChI is InChI=1S/C22H20N4O5.H2/c1-28-19-14(11-23-21(26-19)29-2)15-4-3-5-18(24-15)25-20(27)22(8-9-22)13-6-7-16-17(10-13)31-12-30-16;/h3-7,10-11H,8-9,12H2,1-2H3,(H,24,25,27);1H. The van der Waals surface area contributed by atoms with Crippen molar-refractivity contribution >= 4 is 11.7 Å². The first-order valence-corrected chi connectivity index (χ1v) is 9.77. The minimum Gasteiger partial charge on any atom is -0.480 e. The van der Waals surface area contributed by atoms with Gasteiger partial charge in [-0.1, -0.05) is 12.1 Å². The molecule has 1 aliphatic heterocycles. The molecule has 1 fully saturated rings. The average molecular weight is 422 g/mol. The number of benzene rings is 1. The predicted molar refractivity (Wildman–Crippen MR) is 113 cm³/mol. The molecule has 3 heterocycles. The van der Waals surface area contributed by atoms with Gasteiger partial charge >= 0.3 is 6.01 Å². The minimum absolute atomic E-state index is 0. The maximum atomic E-state index is 13.2. The molecule has 2 aliphatic rings. The highest BCUT2D eigenvalue weighted by Gasteiger charge is 2.51. The number of carbonyl (C=O) groups is 1. The number of hydrogen-bond acceptors (Lipinski definition) is 8. The molecule has 0 saturated heterocycles. The number of hydrogen-bond donors (Lipinski definition) is 1. The molecule has 0 unspecified atom stereocenters. The number of methoxy groups -OCH3 is 2. The van der Waals surface area contributed by atoms with Crippen molar-refractivity contribution in [2.45, 2.75) is 18.3 Å². The smallest absolute Gasteiger partial charge is 0.319 e. The van der Waals surface area contributed by atoms with Crippen LogP contribution in [0.25, 0.3) is 11.3 Å². The number of carbonyl (C=O) groups excluding carboxylic acids is 1. The Labute approximate surface area is 179 Å². The van der Waals surface area contributed by atoms with Gasteiger partial charge in [0.25, 0.3) is 0 Å². The number of fused-ring (bicyclic) bond motifs is 1. The van der Waals surface area contributed by atoms with Gasteiger partial charge in [-0.3, -0.25) is 4.79 Å². The molecular weight excluding hydrogens is 400 g/mol. The molecule has 0 radical (unpaired) electrons. The third kappa shape index (κ3) is 3.37. The molecule has 9 nitrogen and oxygen atoms in total. The van der Waals surface area contributed by atoms with Crippen molar-refractivity contribution in [3.8, 4) is 34.6 Å². The number of ether oxygens (including phenoxy) is 4. The summed E-state index contributed by atoms with van der Waals surface area (Å²) in [6.07, 6.45) is 3.10. The van der Waals surface area contributed by atoms with E-state index in [0.717, 1.165) is 18.4 Å². The molecule has 3 aromatic rings. The lowest BCUT2D eigenvalue weighted by molar-refractivity contribution is -0.118. The van der Waals surface area contributed by atoms with Crippen molar-refractivity contribution in [2.75, 3.05) is 26.3 Å². The fourth-order valence-corrected chi connectivity index (χ4v) is 3.64. The van der Waals surface area contributed by atoms with Crippen LogP contribution < -0.4 is 24.3 Å².